The molecule has 130 valence electrons. The number of nitrogens with zero attached hydrogens (tertiary/aromatic N) is 1. The van der Waals surface area contributed by atoms with Gasteiger partial charge in [-0.2, -0.15) is 0 Å². The van der Waals surface area contributed by atoms with Crippen LogP contribution in [-0.4, -0.2) is 23.3 Å². The quantitative estimate of drug-likeness (QED) is 0.771. The summed E-state index contributed by atoms with van der Waals surface area (Å²) in [6, 6.07) is 12.0. The average molecular weight is 419 g/mol. The van der Waals surface area contributed by atoms with Crippen LogP contribution in [0.2, 0.25) is 0 Å². The number of halogens is 1. The van der Waals surface area contributed by atoms with Gasteiger partial charge in [0.2, 0.25) is 5.91 Å². The number of nitrogens with one attached hydrogen (secondary N) is 1. The monoisotopic (exact) mass is 418 g/mol. The summed E-state index contributed by atoms with van der Waals surface area (Å²) in [7, 11) is 0. The van der Waals surface area contributed by atoms with Gasteiger partial charge in [-0.1, -0.05) is 28.1 Å². The molecule has 1 unspecified atom stereocenters. The zero-order valence-corrected chi connectivity index (χ0v) is 16.1. The molecule has 1 aromatic heterocycles. The third-order valence-corrected chi connectivity index (χ3v) is 6.24. The zero-order chi connectivity index (χ0) is 17.4. The molecular weight excluding hydrogens is 400 g/mol. The van der Waals surface area contributed by atoms with E-state index in [0.29, 0.717) is 4.88 Å². The van der Waals surface area contributed by atoms with Crippen LogP contribution in [0.15, 0.2) is 40.9 Å². The fourth-order valence-electron chi connectivity index (χ4n) is 3.30. The smallest absolute Gasteiger partial charge is 0.264 e. The van der Waals surface area contributed by atoms with E-state index in [0.717, 1.165) is 41.7 Å². The first kappa shape index (κ1) is 16.8. The lowest BCUT2D eigenvalue weighted by Gasteiger charge is -2.24. The Hall–Kier alpha value is -1.66. The first-order chi connectivity index (χ1) is 12.1. The van der Waals surface area contributed by atoms with Crippen molar-refractivity contribution in [2.45, 2.75) is 31.7 Å². The van der Waals surface area contributed by atoms with Gasteiger partial charge < -0.3 is 10.2 Å². The van der Waals surface area contributed by atoms with E-state index in [-0.39, 0.29) is 23.8 Å². The summed E-state index contributed by atoms with van der Waals surface area (Å²) < 4.78 is 1.03. The molecule has 25 heavy (non-hydrogen) atoms. The van der Waals surface area contributed by atoms with Gasteiger partial charge in [0.25, 0.3) is 5.91 Å². The van der Waals surface area contributed by atoms with Crippen LogP contribution in [0.25, 0.3) is 0 Å². The Morgan fingerprint density at radius 3 is 2.76 bits per heavy atom. The van der Waals surface area contributed by atoms with Crippen molar-refractivity contribution in [2.75, 3.05) is 11.9 Å². The van der Waals surface area contributed by atoms with Gasteiger partial charge in [-0.15, -0.1) is 11.3 Å². The van der Waals surface area contributed by atoms with Crippen molar-refractivity contribution in [1.29, 1.82) is 0 Å². The highest BCUT2D eigenvalue weighted by molar-refractivity contribution is 9.10. The van der Waals surface area contributed by atoms with Crippen LogP contribution in [0.5, 0.6) is 0 Å². The molecule has 1 aromatic carbocycles. The van der Waals surface area contributed by atoms with Crippen molar-refractivity contribution < 1.29 is 9.59 Å². The molecule has 1 saturated carbocycles. The van der Waals surface area contributed by atoms with Crippen molar-refractivity contribution in [3.8, 4) is 0 Å². The Bertz CT molecular complexity index is 815. The second kappa shape index (κ2) is 6.92. The minimum absolute atomic E-state index is 0.0550. The van der Waals surface area contributed by atoms with E-state index in [9.17, 15) is 9.59 Å². The van der Waals surface area contributed by atoms with Crippen LogP contribution in [0.1, 0.15) is 47.0 Å². The van der Waals surface area contributed by atoms with Gasteiger partial charge in [0.1, 0.15) is 0 Å². The third-order valence-electron chi connectivity index (χ3n) is 4.76. The molecule has 6 heteroatoms. The fourth-order valence-corrected chi connectivity index (χ4v) is 4.58. The molecule has 0 spiro atoms. The van der Waals surface area contributed by atoms with Crippen molar-refractivity contribution in [2.24, 2.45) is 5.92 Å². The zero-order valence-electron chi connectivity index (χ0n) is 13.7. The van der Waals surface area contributed by atoms with E-state index in [2.05, 4.69) is 33.4 Å². The van der Waals surface area contributed by atoms with Crippen LogP contribution < -0.4 is 5.32 Å². The summed E-state index contributed by atoms with van der Waals surface area (Å²) in [6.07, 6.45) is 3.95. The number of amides is 2. The molecule has 1 saturated heterocycles. The van der Waals surface area contributed by atoms with Gasteiger partial charge in [0, 0.05) is 16.9 Å². The molecule has 1 N–H and O–H groups in total. The normalized spacial score (nSPS) is 19.9. The minimum Gasteiger partial charge on any atom is -0.331 e. The molecule has 4 nitrogen and oxygen atoms in total. The van der Waals surface area contributed by atoms with E-state index >= 15 is 0 Å². The molecule has 2 aromatic rings. The second-order valence-electron chi connectivity index (χ2n) is 6.64. The molecule has 2 amide bonds. The molecule has 1 atom stereocenters. The lowest BCUT2D eigenvalue weighted by atomic mass is 10.0. The number of hydrogen-bond acceptors (Lipinski definition) is 3. The fraction of sp³-hybridized carbons (Fsp3) is 0.368. The molecule has 2 fully saturated rings. The first-order valence-electron chi connectivity index (χ1n) is 8.59. The Labute approximate surface area is 159 Å². The van der Waals surface area contributed by atoms with Crippen molar-refractivity contribution in [3.05, 3.63) is 51.3 Å². The lowest BCUT2D eigenvalue weighted by molar-refractivity contribution is -0.117. The molecule has 2 heterocycles. The van der Waals surface area contributed by atoms with Crippen molar-refractivity contribution >= 4 is 44.1 Å². The summed E-state index contributed by atoms with van der Waals surface area (Å²) in [5.41, 5.74) is 1.17. The number of anilines is 1. The minimum atomic E-state index is 0.0550. The number of carbonyl (C=O) groups excluding carboxylic acids is 2. The summed E-state index contributed by atoms with van der Waals surface area (Å²) in [5.74, 6) is 0.300. The number of likely N-dealkylation sites (tertiary alicyclic amines) is 1. The maximum absolute atomic E-state index is 13.0. The first-order valence-corrected chi connectivity index (χ1v) is 10.2. The van der Waals surface area contributed by atoms with E-state index < -0.39 is 0 Å². The SMILES string of the molecule is O=C(Nc1ccc(C(=O)N2CCCC2c2cccc(Br)c2)s1)C1CC1. The average Bonchev–Trinajstić information content (AvgIpc) is 3.16. The van der Waals surface area contributed by atoms with Crippen LogP contribution >= 0.6 is 27.3 Å². The Balaban J connectivity index is 1.49. The van der Waals surface area contributed by atoms with Gasteiger partial charge in [-0.3, -0.25) is 9.59 Å². The predicted octanol–water partition coefficient (Wildman–Crippen LogP) is 4.84. The highest BCUT2D eigenvalue weighted by atomic mass is 79.9. The summed E-state index contributed by atoms with van der Waals surface area (Å²) >= 11 is 4.88. The van der Waals surface area contributed by atoms with Crippen LogP contribution in [-0.2, 0) is 4.79 Å². The van der Waals surface area contributed by atoms with E-state index in [1.165, 1.54) is 16.9 Å². The number of rotatable bonds is 4. The molecule has 4 rings (SSSR count). The molecule has 2 aliphatic rings. The Kier molecular flexibility index (Phi) is 4.65. The van der Waals surface area contributed by atoms with Crippen LogP contribution in [0, 0.1) is 5.92 Å². The Morgan fingerprint density at radius 2 is 2.00 bits per heavy atom. The molecular formula is C19H19BrN2O2S. The highest BCUT2D eigenvalue weighted by Gasteiger charge is 2.32. The van der Waals surface area contributed by atoms with Gasteiger partial charge in [0.05, 0.1) is 15.9 Å². The van der Waals surface area contributed by atoms with Gasteiger partial charge >= 0.3 is 0 Å². The Morgan fingerprint density at radius 1 is 1.16 bits per heavy atom. The van der Waals surface area contributed by atoms with Gasteiger partial charge in [-0.05, 0) is 55.5 Å². The largest absolute Gasteiger partial charge is 0.331 e. The molecule has 0 bridgehead atoms. The van der Waals surface area contributed by atoms with Gasteiger partial charge in [0.15, 0.2) is 0 Å². The number of carbonyl (C=O) groups is 2. The third kappa shape index (κ3) is 3.65. The molecule has 1 aliphatic carbocycles. The second-order valence-corrected chi connectivity index (χ2v) is 8.64. The van der Waals surface area contributed by atoms with E-state index in [1.807, 2.05) is 29.2 Å². The van der Waals surface area contributed by atoms with E-state index in [1.54, 1.807) is 0 Å². The lowest BCUT2D eigenvalue weighted by Crippen LogP contribution is -2.29. The number of benzene rings is 1. The van der Waals surface area contributed by atoms with Crippen LogP contribution in [0.4, 0.5) is 5.00 Å². The maximum Gasteiger partial charge on any atom is 0.264 e. The van der Waals surface area contributed by atoms with E-state index in [4.69, 9.17) is 0 Å². The topological polar surface area (TPSA) is 49.4 Å². The summed E-state index contributed by atoms with van der Waals surface area (Å²) in [4.78, 5) is 27.5. The number of thiophene rings is 1. The molecule has 0 radical (unpaired) electrons. The maximum atomic E-state index is 13.0. The van der Waals surface area contributed by atoms with Gasteiger partial charge in [-0.25, -0.2) is 0 Å². The predicted molar refractivity (Wildman–Crippen MR) is 103 cm³/mol. The van der Waals surface area contributed by atoms with Crippen LogP contribution in [0.3, 0.4) is 0 Å². The highest BCUT2D eigenvalue weighted by Crippen LogP contribution is 2.36. The number of hydrogen-bond donors (Lipinski definition) is 1. The summed E-state index contributed by atoms with van der Waals surface area (Å²) in [5, 5.41) is 3.69. The van der Waals surface area contributed by atoms with Crippen molar-refractivity contribution in [1.82, 2.24) is 4.90 Å². The summed E-state index contributed by atoms with van der Waals surface area (Å²) in [6.45, 7) is 0.775. The van der Waals surface area contributed by atoms with Crippen molar-refractivity contribution in [3.63, 3.8) is 0 Å². The standard InChI is InChI=1S/C19H19BrN2O2S/c20-14-4-1-3-13(11-14)15-5-2-10-22(15)19(24)16-8-9-17(25-16)21-18(23)12-6-7-12/h1,3-4,8-9,11-12,15H,2,5-7,10H2,(H,21,23). The molecule has 1 aliphatic heterocycles.